The summed E-state index contributed by atoms with van der Waals surface area (Å²) in [6, 6.07) is 5.27. The lowest BCUT2D eigenvalue weighted by Crippen LogP contribution is -2.16. The van der Waals surface area contributed by atoms with Crippen LogP contribution in [0.15, 0.2) is 18.2 Å². The van der Waals surface area contributed by atoms with Gasteiger partial charge in [0.2, 0.25) is 5.91 Å². The first-order valence-electron chi connectivity index (χ1n) is 6.19. The van der Waals surface area contributed by atoms with Crippen molar-refractivity contribution in [2.75, 3.05) is 5.32 Å². The second-order valence-electron chi connectivity index (χ2n) is 4.97. The number of fused-ring (bicyclic) bond motifs is 1. The van der Waals surface area contributed by atoms with Gasteiger partial charge < -0.3 is 5.32 Å². The van der Waals surface area contributed by atoms with Crippen molar-refractivity contribution >= 4 is 23.3 Å². The van der Waals surface area contributed by atoms with Gasteiger partial charge in [-0.1, -0.05) is 30.5 Å². The Labute approximate surface area is 106 Å². The molecule has 2 atom stereocenters. The molecular formula is C13H15ClN2O. The van der Waals surface area contributed by atoms with Gasteiger partial charge in [-0.15, -0.1) is 0 Å². The van der Waals surface area contributed by atoms with Crippen molar-refractivity contribution in [3.8, 4) is 0 Å². The third-order valence-corrected chi connectivity index (χ3v) is 4.14. The van der Waals surface area contributed by atoms with E-state index in [1.54, 1.807) is 18.2 Å². The monoisotopic (exact) mass is 250 g/mol. The summed E-state index contributed by atoms with van der Waals surface area (Å²) in [4.78, 5) is 16.1. The van der Waals surface area contributed by atoms with E-state index in [4.69, 9.17) is 11.6 Å². The molecule has 1 heterocycles. The molecule has 1 amide bonds. The van der Waals surface area contributed by atoms with Crippen LogP contribution in [-0.4, -0.2) is 10.9 Å². The molecular weight excluding hydrogens is 236 g/mol. The molecule has 0 spiro atoms. The quantitative estimate of drug-likeness (QED) is 0.820. The first-order chi connectivity index (χ1) is 8.25. The van der Waals surface area contributed by atoms with Gasteiger partial charge >= 0.3 is 0 Å². The Balaban J connectivity index is 1.64. The van der Waals surface area contributed by atoms with Crippen LogP contribution in [-0.2, 0) is 4.79 Å². The summed E-state index contributed by atoms with van der Waals surface area (Å²) in [6.07, 6.45) is 4.98. The first kappa shape index (κ1) is 11.0. The smallest absolute Gasteiger partial charge is 0.229 e. The van der Waals surface area contributed by atoms with Crippen LogP contribution in [0.2, 0.25) is 5.15 Å². The SMILES string of the molecule is O=C(Nc1cccc(Cl)n1)C1C2CCCCC21. The number of amides is 1. The summed E-state index contributed by atoms with van der Waals surface area (Å²) in [6.45, 7) is 0. The Morgan fingerprint density at radius 3 is 2.65 bits per heavy atom. The molecule has 0 aliphatic heterocycles. The fourth-order valence-corrected chi connectivity index (χ4v) is 3.23. The molecule has 2 fully saturated rings. The van der Waals surface area contributed by atoms with Gasteiger partial charge in [-0.25, -0.2) is 4.98 Å². The Morgan fingerprint density at radius 1 is 1.29 bits per heavy atom. The molecule has 3 rings (SSSR count). The van der Waals surface area contributed by atoms with Crippen molar-refractivity contribution in [3.05, 3.63) is 23.4 Å². The minimum absolute atomic E-state index is 0.122. The zero-order valence-corrected chi connectivity index (χ0v) is 10.3. The maximum Gasteiger partial charge on any atom is 0.229 e. The molecule has 1 aromatic heterocycles. The fraction of sp³-hybridized carbons (Fsp3) is 0.538. The van der Waals surface area contributed by atoms with Crippen LogP contribution in [0.1, 0.15) is 25.7 Å². The Bertz CT molecular complexity index is 437. The summed E-state index contributed by atoms with van der Waals surface area (Å²) >= 11 is 5.78. The van der Waals surface area contributed by atoms with Crippen LogP contribution in [0.5, 0.6) is 0 Å². The number of nitrogens with one attached hydrogen (secondary N) is 1. The van der Waals surface area contributed by atoms with Gasteiger partial charge in [-0.05, 0) is 36.8 Å². The maximum atomic E-state index is 12.1. The first-order valence-corrected chi connectivity index (χ1v) is 6.57. The van der Waals surface area contributed by atoms with E-state index in [1.807, 2.05) is 0 Å². The highest BCUT2D eigenvalue weighted by Crippen LogP contribution is 2.55. The summed E-state index contributed by atoms with van der Waals surface area (Å²) in [5, 5.41) is 3.28. The van der Waals surface area contributed by atoms with Gasteiger partial charge in [0, 0.05) is 5.92 Å². The number of hydrogen-bond donors (Lipinski definition) is 1. The fourth-order valence-electron chi connectivity index (χ4n) is 3.07. The number of halogens is 1. The Kier molecular flexibility index (Phi) is 2.79. The second kappa shape index (κ2) is 4.30. The van der Waals surface area contributed by atoms with E-state index in [9.17, 15) is 4.79 Å². The molecule has 2 aliphatic carbocycles. The number of nitrogens with zero attached hydrogens (tertiary/aromatic N) is 1. The average molecular weight is 251 g/mol. The van der Waals surface area contributed by atoms with Crippen LogP contribution in [0.25, 0.3) is 0 Å². The standard InChI is InChI=1S/C13H15ClN2O/c14-10-6-3-7-11(15-10)16-13(17)12-8-4-1-2-5-9(8)12/h3,6-9,12H,1-2,4-5H2,(H,15,16,17). The summed E-state index contributed by atoms with van der Waals surface area (Å²) in [5.74, 6) is 2.16. The van der Waals surface area contributed by atoms with Crippen LogP contribution >= 0.6 is 11.6 Å². The topological polar surface area (TPSA) is 42.0 Å². The van der Waals surface area contributed by atoms with Crippen molar-refractivity contribution in [3.63, 3.8) is 0 Å². The van der Waals surface area contributed by atoms with Crippen molar-refractivity contribution < 1.29 is 4.79 Å². The molecule has 2 saturated carbocycles. The van der Waals surface area contributed by atoms with Crippen LogP contribution in [0.4, 0.5) is 5.82 Å². The number of anilines is 1. The van der Waals surface area contributed by atoms with E-state index in [0.29, 0.717) is 22.8 Å². The molecule has 4 heteroatoms. The molecule has 1 aromatic rings. The highest BCUT2D eigenvalue weighted by molar-refractivity contribution is 6.29. The van der Waals surface area contributed by atoms with E-state index < -0.39 is 0 Å². The number of carbonyl (C=O) groups excluding carboxylic acids is 1. The van der Waals surface area contributed by atoms with E-state index in [-0.39, 0.29) is 11.8 Å². The minimum atomic E-state index is 0.122. The minimum Gasteiger partial charge on any atom is -0.310 e. The molecule has 3 nitrogen and oxygen atoms in total. The number of rotatable bonds is 2. The summed E-state index contributed by atoms with van der Waals surface area (Å²) in [5.41, 5.74) is 0. The molecule has 90 valence electrons. The van der Waals surface area contributed by atoms with Crippen LogP contribution in [0.3, 0.4) is 0 Å². The van der Waals surface area contributed by atoms with E-state index in [1.165, 1.54) is 25.7 Å². The van der Waals surface area contributed by atoms with Gasteiger partial charge in [-0.2, -0.15) is 0 Å². The Morgan fingerprint density at radius 2 is 2.00 bits per heavy atom. The summed E-state index contributed by atoms with van der Waals surface area (Å²) < 4.78 is 0. The lowest BCUT2D eigenvalue weighted by molar-refractivity contribution is -0.117. The molecule has 1 N–H and O–H groups in total. The molecule has 0 aromatic carbocycles. The van der Waals surface area contributed by atoms with Gasteiger partial charge in [0.25, 0.3) is 0 Å². The molecule has 0 saturated heterocycles. The zero-order chi connectivity index (χ0) is 11.8. The van der Waals surface area contributed by atoms with Crippen molar-refractivity contribution in [2.24, 2.45) is 17.8 Å². The zero-order valence-electron chi connectivity index (χ0n) is 9.53. The lowest BCUT2D eigenvalue weighted by Gasteiger charge is -2.04. The van der Waals surface area contributed by atoms with E-state index >= 15 is 0 Å². The second-order valence-corrected chi connectivity index (χ2v) is 5.36. The molecule has 17 heavy (non-hydrogen) atoms. The molecule has 0 bridgehead atoms. The highest BCUT2D eigenvalue weighted by Gasteiger charge is 2.54. The average Bonchev–Trinajstić information content (AvgIpc) is 3.03. The Hall–Kier alpha value is -1.09. The van der Waals surface area contributed by atoms with Crippen molar-refractivity contribution in [1.82, 2.24) is 4.98 Å². The maximum absolute atomic E-state index is 12.1. The van der Waals surface area contributed by atoms with Gasteiger partial charge in [-0.3, -0.25) is 4.79 Å². The van der Waals surface area contributed by atoms with Gasteiger partial charge in [0.05, 0.1) is 0 Å². The number of aromatic nitrogens is 1. The molecule has 0 radical (unpaired) electrons. The van der Waals surface area contributed by atoms with Crippen LogP contribution < -0.4 is 5.32 Å². The number of carbonyl (C=O) groups is 1. The predicted octanol–water partition coefficient (Wildman–Crippen LogP) is 3.11. The largest absolute Gasteiger partial charge is 0.310 e. The summed E-state index contributed by atoms with van der Waals surface area (Å²) in [7, 11) is 0. The molecule has 2 aliphatic rings. The van der Waals surface area contributed by atoms with Gasteiger partial charge in [0.1, 0.15) is 11.0 Å². The van der Waals surface area contributed by atoms with E-state index in [0.717, 1.165) is 0 Å². The van der Waals surface area contributed by atoms with Crippen LogP contribution in [0, 0.1) is 17.8 Å². The number of hydrogen-bond acceptors (Lipinski definition) is 2. The van der Waals surface area contributed by atoms with Crippen molar-refractivity contribution in [2.45, 2.75) is 25.7 Å². The predicted molar refractivity (Wildman–Crippen MR) is 66.8 cm³/mol. The van der Waals surface area contributed by atoms with Crippen molar-refractivity contribution in [1.29, 1.82) is 0 Å². The third kappa shape index (κ3) is 2.16. The molecule has 2 unspecified atom stereocenters. The van der Waals surface area contributed by atoms with Gasteiger partial charge in [0.15, 0.2) is 0 Å². The highest BCUT2D eigenvalue weighted by atomic mass is 35.5. The lowest BCUT2D eigenvalue weighted by atomic mass is 10.0. The normalized spacial score (nSPS) is 30.5. The third-order valence-electron chi connectivity index (χ3n) is 3.93. The number of pyridine rings is 1. The van der Waals surface area contributed by atoms with E-state index in [2.05, 4.69) is 10.3 Å².